The highest BCUT2D eigenvalue weighted by molar-refractivity contribution is 5.66. The van der Waals surface area contributed by atoms with E-state index >= 15 is 0 Å². The molecule has 4 rings (SSSR count). The smallest absolute Gasteiger partial charge is 0.218 e. The Labute approximate surface area is 196 Å². The lowest BCUT2D eigenvalue weighted by Crippen LogP contribution is -2.06. The molecule has 34 heavy (non-hydrogen) atoms. The second-order valence-electron chi connectivity index (χ2n) is 7.69. The molecule has 0 aliphatic heterocycles. The van der Waals surface area contributed by atoms with Gasteiger partial charge in [-0.1, -0.05) is 18.2 Å². The number of nitrogens with zero attached hydrogens (tertiary/aromatic N) is 3. The Morgan fingerprint density at radius 2 is 1.82 bits per heavy atom. The molecule has 0 radical (unpaired) electrons. The molecule has 2 aromatic carbocycles. The number of imidazole rings is 1. The zero-order valence-corrected chi connectivity index (χ0v) is 18.5. The van der Waals surface area contributed by atoms with E-state index in [-0.39, 0.29) is 24.7 Å². The van der Waals surface area contributed by atoms with E-state index in [9.17, 15) is 8.78 Å². The summed E-state index contributed by atoms with van der Waals surface area (Å²) < 4.78 is 40.6. The van der Waals surface area contributed by atoms with Gasteiger partial charge < -0.3 is 18.8 Å². The number of rotatable bonds is 11. The van der Waals surface area contributed by atoms with Gasteiger partial charge in [-0.25, -0.2) is 18.7 Å². The third kappa shape index (κ3) is 6.17. The number of hydrogen-bond donors (Lipinski definition) is 1. The molecule has 0 aliphatic rings. The maximum atomic E-state index is 13.7. The van der Waals surface area contributed by atoms with Crippen molar-refractivity contribution in [2.24, 2.45) is 0 Å². The first-order chi connectivity index (χ1) is 16.6. The Morgan fingerprint density at radius 1 is 1.03 bits per heavy atom. The zero-order valence-electron chi connectivity index (χ0n) is 18.5. The third-order valence-corrected chi connectivity index (χ3v) is 5.27. The van der Waals surface area contributed by atoms with Crippen LogP contribution < -0.4 is 4.74 Å². The predicted octanol–water partition coefficient (Wildman–Crippen LogP) is 5.07. The third-order valence-electron chi connectivity index (χ3n) is 5.27. The Balaban J connectivity index is 1.25. The minimum absolute atomic E-state index is 0.0957. The highest BCUT2D eigenvalue weighted by atomic mass is 19.1. The van der Waals surface area contributed by atoms with Gasteiger partial charge in [0.15, 0.2) is 0 Å². The molecule has 176 valence electrons. The molecule has 0 amide bonds. The fourth-order valence-corrected chi connectivity index (χ4v) is 3.52. The lowest BCUT2D eigenvalue weighted by Gasteiger charge is -2.08. The zero-order chi connectivity index (χ0) is 23.8. The number of benzene rings is 2. The van der Waals surface area contributed by atoms with Crippen LogP contribution in [0.25, 0.3) is 12.2 Å². The fourth-order valence-electron chi connectivity index (χ4n) is 3.52. The van der Waals surface area contributed by atoms with Gasteiger partial charge in [-0.15, -0.1) is 0 Å². The van der Waals surface area contributed by atoms with Crippen LogP contribution in [0, 0.1) is 11.6 Å². The topological polar surface area (TPSA) is 73.3 Å². The van der Waals surface area contributed by atoms with Gasteiger partial charge in [-0.3, -0.25) is 0 Å². The summed E-state index contributed by atoms with van der Waals surface area (Å²) >= 11 is 0. The van der Waals surface area contributed by atoms with Gasteiger partial charge in [0.25, 0.3) is 0 Å². The second-order valence-corrected chi connectivity index (χ2v) is 7.69. The quantitative estimate of drug-likeness (QED) is 0.335. The minimum atomic E-state index is -0.650. The van der Waals surface area contributed by atoms with E-state index in [2.05, 4.69) is 14.5 Å². The fraction of sp³-hybridized carbons (Fsp3) is 0.231. The van der Waals surface area contributed by atoms with Crippen molar-refractivity contribution in [3.05, 3.63) is 101 Å². The molecule has 0 saturated heterocycles. The van der Waals surface area contributed by atoms with Gasteiger partial charge in [0.1, 0.15) is 41.8 Å². The lowest BCUT2D eigenvalue weighted by atomic mass is 10.1. The van der Waals surface area contributed by atoms with Crippen molar-refractivity contribution in [1.82, 2.24) is 14.5 Å². The van der Waals surface area contributed by atoms with Crippen LogP contribution >= 0.6 is 0 Å². The average molecular weight is 466 g/mol. The van der Waals surface area contributed by atoms with Crippen LogP contribution in [0.2, 0.25) is 0 Å². The molecule has 1 N–H and O–H groups in total. The van der Waals surface area contributed by atoms with E-state index in [1.54, 1.807) is 6.20 Å². The van der Waals surface area contributed by atoms with E-state index in [1.165, 1.54) is 42.2 Å². The first-order valence-electron chi connectivity index (χ1n) is 11.0. The summed E-state index contributed by atoms with van der Waals surface area (Å²) in [6, 6.07) is 11.6. The molecule has 0 fully saturated rings. The van der Waals surface area contributed by atoms with Crippen LogP contribution in [0.3, 0.4) is 0 Å². The lowest BCUT2D eigenvalue weighted by molar-refractivity contribution is 0.294. The van der Waals surface area contributed by atoms with Gasteiger partial charge in [0.2, 0.25) is 5.89 Å². The molecule has 0 aliphatic carbocycles. The average Bonchev–Trinajstić information content (AvgIpc) is 3.48. The summed E-state index contributed by atoms with van der Waals surface area (Å²) in [6.07, 6.45) is 10.3. The largest absolute Gasteiger partial charge is 0.487 e. The molecular formula is C26H25F2N3O3. The van der Waals surface area contributed by atoms with Crippen molar-refractivity contribution in [3.8, 4) is 5.75 Å². The molecule has 4 aromatic rings. The number of halogens is 2. The Bertz CT molecular complexity index is 1210. The van der Waals surface area contributed by atoms with Crippen molar-refractivity contribution in [1.29, 1.82) is 0 Å². The van der Waals surface area contributed by atoms with Crippen molar-refractivity contribution in [3.63, 3.8) is 0 Å². The monoisotopic (exact) mass is 465 g/mol. The number of aliphatic hydroxyl groups is 1. The van der Waals surface area contributed by atoms with Crippen molar-refractivity contribution in [2.75, 3.05) is 6.61 Å². The standard InChI is InChI=1S/C26H25F2N3O3/c27-23-4-1-5-24(28)22(23)10-11-26-30-20(18-34-26)17-33-21-8-6-19(7-9-21)3-2-14-31-15-13-29-25(31)12-16-32/h1,4-11,13,15,18,32H,2-3,12,14,16-17H2. The number of oxazole rings is 1. The first-order valence-corrected chi connectivity index (χ1v) is 11.0. The molecular weight excluding hydrogens is 440 g/mol. The molecule has 0 bridgehead atoms. The number of aromatic nitrogens is 3. The number of aliphatic hydroxyl groups excluding tert-OH is 1. The van der Waals surface area contributed by atoms with Crippen LogP contribution in [-0.4, -0.2) is 26.2 Å². The summed E-state index contributed by atoms with van der Waals surface area (Å²) in [5, 5.41) is 9.09. The highest BCUT2D eigenvalue weighted by Gasteiger charge is 2.07. The SMILES string of the molecule is OCCc1nccn1CCCc1ccc(OCc2coc(C=Cc3c(F)cccc3F)n2)cc1. The molecule has 0 unspecified atom stereocenters. The first kappa shape index (κ1) is 23.4. The molecule has 0 saturated carbocycles. The van der Waals surface area contributed by atoms with E-state index in [1.807, 2.05) is 30.5 Å². The van der Waals surface area contributed by atoms with E-state index in [4.69, 9.17) is 14.3 Å². The normalized spacial score (nSPS) is 11.4. The molecule has 0 atom stereocenters. The molecule has 2 aromatic heterocycles. The van der Waals surface area contributed by atoms with E-state index in [0.29, 0.717) is 17.9 Å². The van der Waals surface area contributed by atoms with Crippen LogP contribution in [0.5, 0.6) is 5.75 Å². The highest BCUT2D eigenvalue weighted by Crippen LogP contribution is 2.18. The summed E-state index contributed by atoms with van der Waals surface area (Å²) in [5.74, 6) is 0.539. The van der Waals surface area contributed by atoms with Gasteiger partial charge in [0, 0.05) is 37.0 Å². The summed E-state index contributed by atoms with van der Waals surface area (Å²) in [7, 11) is 0. The molecule has 8 heteroatoms. The van der Waals surface area contributed by atoms with Crippen LogP contribution in [0.15, 0.2) is 65.5 Å². The van der Waals surface area contributed by atoms with E-state index in [0.717, 1.165) is 25.2 Å². The molecule has 0 spiro atoms. The summed E-state index contributed by atoms with van der Waals surface area (Å²) in [6.45, 7) is 1.15. The van der Waals surface area contributed by atoms with Crippen LogP contribution in [0.1, 0.15) is 35.0 Å². The maximum Gasteiger partial charge on any atom is 0.218 e. The Hall–Kier alpha value is -3.78. The van der Waals surface area contributed by atoms with Gasteiger partial charge in [-0.05, 0) is 48.7 Å². The minimum Gasteiger partial charge on any atom is -0.487 e. The Morgan fingerprint density at radius 3 is 2.59 bits per heavy atom. The van der Waals surface area contributed by atoms with Gasteiger partial charge >= 0.3 is 0 Å². The predicted molar refractivity (Wildman–Crippen MR) is 124 cm³/mol. The maximum absolute atomic E-state index is 13.7. The number of aryl methyl sites for hydroxylation is 2. The Kier molecular flexibility index (Phi) is 7.83. The number of hydrogen-bond acceptors (Lipinski definition) is 5. The van der Waals surface area contributed by atoms with Gasteiger partial charge in [0.05, 0.1) is 6.61 Å². The van der Waals surface area contributed by atoms with Crippen LogP contribution in [0.4, 0.5) is 8.78 Å². The van der Waals surface area contributed by atoms with Crippen molar-refractivity contribution < 1.29 is 23.0 Å². The van der Waals surface area contributed by atoms with Gasteiger partial charge in [-0.2, -0.15) is 0 Å². The molecule has 6 nitrogen and oxygen atoms in total. The summed E-state index contributed by atoms with van der Waals surface area (Å²) in [4.78, 5) is 8.52. The van der Waals surface area contributed by atoms with Crippen molar-refractivity contribution >= 4 is 12.2 Å². The second kappa shape index (κ2) is 11.4. The summed E-state index contributed by atoms with van der Waals surface area (Å²) in [5.41, 5.74) is 1.62. The van der Waals surface area contributed by atoms with Crippen LogP contribution in [-0.2, 0) is 26.0 Å². The number of ether oxygens (including phenoxy) is 1. The van der Waals surface area contributed by atoms with Crippen molar-refractivity contribution in [2.45, 2.75) is 32.4 Å². The molecule has 2 heterocycles. The van der Waals surface area contributed by atoms with E-state index < -0.39 is 11.6 Å².